The first kappa shape index (κ1) is 27.1. The summed E-state index contributed by atoms with van der Waals surface area (Å²) in [7, 11) is -2.06. The van der Waals surface area contributed by atoms with Gasteiger partial charge in [0.25, 0.3) is 0 Å². The van der Waals surface area contributed by atoms with Crippen molar-refractivity contribution < 1.29 is 27.4 Å². The normalized spacial score (nSPS) is 12.2. The Labute approximate surface area is 219 Å². The van der Waals surface area contributed by atoms with E-state index in [1.54, 1.807) is 19.2 Å². The molecule has 188 valence electrons. The SMILES string of the molecule is COc1cc(CNCCc2ccc(S(N)(=O)=O)cc2)cc(Br)c1OCc1ccc2c(c1)OCO2.Cl. The Hall–Kier alpha value is -2.50. The van der Waals surface area contributed by atoms with Crippen LogP contribution in [0.1, 0.15) is 16.7 Å². The Morgan fingerprint density at radius 2 is 1.71 bits per heavy atom. The molecule has 1 heterocycles. The molecule has 0 bridgehead atoms. The van der Waals surface area contributed by atoms with Gasteiger partial charge in [-0.2, -0.15) is 0 Å². The molecule has 1 aliphatic heterocycles. The fourth-order valence-corrected chi connectivity index (χ4v) is 4.63. The minimum atomic E-state index is -3.67. The van der Waals surface area contributed by atoms with Crippen LogP contribution in [0.3, 0.4) is 0 Å². The van der Waals surface area contributed by atoms with Crippen LogP contribution in [0.25, 0.3) is 0 Å². The van der Waals surface area contributed by atoms with E-state index in [2.05, 4.69) is 21.2 Å². The Bertz CT molecular complexity index is 1270. The number of hydrogen-bond acceptors (Lipinski definition) is 7. The van der Waals surface area contributed by atoms with E-state index in [9.17, 15) is 8.42 Å². The van der Waals surface area contributed by atoms with Crippen LogP contribution < -0.4 is 29.4 Å². The summed E-state index contributed by atoms with van der Waals surface area (Å²) in [6, 6.07) is 16.2. The molecule has 3 aromatic rings. The minimum Gasteiger partial charge on any atom is -0.493 e. The van der Waals surface area contributed by atoms with Gasteiger partial charge in [0.1, 0.15) is 6.61 Å². The van der Waals surface area contributed by atoms with Crippen molar-refractivity contribution in [3.63, 3.8) is 0 Å². The fraction of sp³-hybridized carbons (Fsp3) is 0.250. The second-order valence-corrected chi connectivity index (χ2v) is 10.1. The quantitative estimate of drug-likeness (QED) is 0.344. The maximum atomic E-state index is 11.4. The van der Waals surface area contributed by atoms with E-state index in [4.69, 9.17) is 24.1 Å². The third-order valence-corrected chi connectivity index (χ3v) is 6.80. The molecule has 35 heavy (non-hydrogen) atoms. The van der Waals surface area contributed by atoms with E-state index in [1.807, 2.05) is 30.3 Å². The summed E-state index contributed by atoms with van der Waals surface area (Å²) in [6.45, 7) is 1.94. The molecule has 4 rings (SSSR count). The molecule has 0 radical (unpaired) electrons. The molecule has 11 heteroatoms. The molecule has 3 aromatic carbocycles. The van der Waals surface area contributed by atoms with Crippen molar-refractivity contribution in [1.82, 2.24) is 5.32 Å². The van der Waals surface area contributed by atoms with Crippen molar-refractivity contribution in [3.05, 3.63) is 75.8 Å². The number of rotatable bonds is 10. The molecule has 8 nitrogen and oxygen atoms in total. The third kappa shape index (κ3) is 7.02. The van der Waals surface area contributed by atoms with Crippen molar-refractivity contribution in [3.8, 4) is 23.0 Å². The molecule has 0 saturated heterocycles. The number of sulfonamides is 1. The second-order valence-electron chi connectivity index (χ2n) is 7.70. The Morgan fingerprint density at radius 1 is 1.00 bits per heavy atom. The first-order valence-electron chi connectivity index (χ1n) is 10.5. The number of nitrogens with two attached hydrogens (primary N) is 1. The lowest BCUT2D eigenvalue weighted by Crippen LogP contribution is -2.17. The molecule has 0 aliphatic carbocycles. The van der Waals surface area contributed by atoms with E-state index < -0.39 is 10.0 Å². The minimum absolute atomic E-state index is 0. The highest BCUT2D eigenvalue weighted by Gasteiger charge is 2.15. The number of benzene rings is 3. The van der Waals surface area contributed by atoms with E-state index >= 15 is 0 Å². The molecule has 0 spiro atoms. The molecule has 0 saturated carbocycles. The third-order valence-electron chi connectivity index (χ3n) is 5.28. The van der Waals surface area contributed by atoms with Crippen LogP contribution in [0, 0.1) is 0 Å². The predicted molar refractivity (Wildman–Crippen MR) is 138 cm³/mol. The lowest BCUT2D eigenvalue weighted by molar-refractivity contribution is 0.174. The van der Waals surface area contributed by atoms with Gasteiger partial charge in [0.15, 0.2) is 23.0 Å². The van der Waals surface area contributed by atoms with Crippen molar-refractivity contribution in [2.75, 3.05) is 20.4 Å². The maximum Gasteiger partial charge on any atom is 0.238 e. The van der Waals surface area contributed by atoms with Gasteiger partial charge in [-0.1, -0.05) is 18.2 Å². The van der Waals surface area contributed by atoms with Crippen LogP contribution in [0.4, 0.5) is 0 Å². The standard InChI is InChI=1S/C24H25BrN2O6S.ClH/c1-30-23-12-18(13-27-9-8-16-2-5-19(6-3-16)34(26,28)29)10-20(25)24(23)31-14-17-4-7-21-22(11-17)33-15-32-21;/h2-7,10-12,27H,8-9,13-15H2,1H3,(H2,26,28,29);1H. The zero-order chi connectivity index (χ0) is 24.1. The first-order chi connectivity index (χ1) is 16.3. The summed E-state index contributed by atoms with van der Waals surface area (Å²) in [6.07, 6.45) is 0.750. The molecule has 1 aliphatic rings. The van der Waals surface area contributed by atoms with Gasteiger partial charge in [-0.05, 0) is 82.0 Å². The monoisotopic (exact) mass is 584 g/mol. The van der Waals surface area contributed by atoms with E-state index in [0.29, 0.717) is 30.4 Å². The summed E-state index contributed by atoms with van der Waals surface area (Å²) in [5, 5.41) is 8.52. The maximum absolute atomic E-state index is 11.4. The van der Waals surface area contributed by atoms with Crippen LogP contribution >= 0.6 is 28.3 Å². The van der Waals surface area contributed by atoms with Crippen molar-refractivity contribution >= 4 is 38.4 Å². The van der Waals surface area contributed by atoms with E-state index in [0.717, 1.165) is 39.9 Å². The Balaban J connectivity index is 0.00000342. The number of fused-ring (bicyclic) bond motifs is 1. The number of methoxy groups -OCH3 is 1. The zero-order valence-electron chi connectivity index (χ0n) is 19.0. The number of hydrogen-bond donors (Lipinski definition) is 2. The average molecular weight is 586 g/mol. The lowest BCUT2D eigenvalue weighted by atomic mass is 10.1. The summed E-state index contributed by atoms with van der Waals surface area (Å²) < 4.78 is 45.9. The van der Waals surface area contributed by atoms with Crippen molar-refractivity contribution in [2.45, 2.75) is 24.5 Å². The van der Waals surface area contributed by atoms with Crippen molar-refractivity contribution in [1.29, 1.82) is 0 Å². The molecular weight excluding hydrogens is 560 g/mol. The number of primary sulfonamides is 1. The lowest BCUT2D eigenvalue weighted by Gasteiger charge is -2.15. The van der Waals surface area contributed by atoms with Gasteiger partial charge >= 0.3 is 0 Å². The summed E-state index contributed by atoms with van der Waals surface area (Å²) >= 11 is 3.59. The van der Waals surface area contributed by atoms with Gasteiger partial charge in [-0.15, -0.1) is 12.4 Å². The highest BCUT2D eigenvalue weighted by Crippen LogP contribution is 2.38. The molecule has 0 unspecified atom stereocenters. The van der Waals surface area contributed by atoms with E-state index in [-0.39, 0.29) is 24.1 Å². The molecule has 0 atom stereocenters. The number of nitrogens with one attached hydrogen (secondary N) is 1. The molecule has 0 fully saturated rings. The van der Waals surface area contributed by atoms with Gasteiger partial charge in [-0.25, -0.2) is 13.6 Å². The van der Waals surface area contributed by atoms with Gasteiger partial charge in [0, 0.05) is 6.54 Å². The van der Waals surface area contributed by atoms with Crippen molar-refractivity contribution in [2.24, 2.45) is 5.14 Å². The van der Waals surface area contributed by atoms with Crippen LogP contribution in [0.15, 0.2) is 64.0 Å². The number of halogens is 2. The summed E-state index contributed by atoms with van der Waals surface area (Å²) in [4.78, 5) is 0.113. The van der Waals surface area contributed by atoms with Crippen LogP contribution in [-0.2, 0) is 29.6 Å². The Morgan fingerprint density at radius 3 is 2.43 bits per heavy atom. The largest absolute Gasteiger partial charge is 0.493 e. The van der Waals surface area contributed by atoms with E-state index in [1.165, 1.54) is 12.1 Å². The topological polar surface area (TPSA) is 109 Å². The molecular formula is C24H26BrClN2O6S. The highest BCUT2D eigenvalue weighted by atomic mass is 79.9. The van der Waals surface area contributed by atoms with Gasteiger partial charge in [0.05, 0.1) is 16.5 Å². The average Bonchev–Trinajstić information content (AvgIpc) is 3.28. The van der Waals surface area contributed by atoms with Crippen LogP contribution in [-0.4, -0.2) is 28.9 Å². The Kier molecular flexibility index (Phi) is 9.26. The highest BCUT2D eigenvalue weighted by molar-refractivity contribution is 9.10. The molecule has 0 aromatic heterocycles. The predicted octanol–water partition coefficient (Wildman–Crippen LogP) is 4.17. The van der Waals surface area contributed by atoms with Crippen LogP contribution in [0.2, 0.25) is 0 Å². The smallest absolute Gasteiger partial charge is 0.238 e. The zero-order valence-corrected chi connectivity index (χ0v) is 22.2. The van der Waals surface area contributed by atoms with Gasteiger partial charge in [0.2, 0.25) is 16.8 Å². The first-order valence-corrected chi connectivity index (χ1v) is 12.9. The summed E-state index contributed by atoms with van der Waals surface area (Å²) in [5.74, 6) is 2.71. The van der Waals surface area contributed by atoms with Gasteiger partial charge in [-0.3, -0.25) is 0 Å². The second kappa shape index (κ2) is 12.0. The fourth-order valence-electron chi connectivity index (χ4n) is 3.51. The number of ether oxygens (including phenoxy) is 4. The van der Waals surface area contributed by atoms with Gasteiger partial charge < -0.3 is 24.3 Å². The molecule has 0 amide bonds. The molecule has 3 N–H and O–H groups in total. The van der Waals surface area contributed by atoms with Crippen LogP contribution in [0.5, 0.6) is 23.0 Å². The summed E-state index contributed by atoms with van der Waals surface area (Å²) in [5.41, 5.74) is 3.01.